The molecule has 0 bridgehead atoms. The molecule has 1 aliphatic rings. The molecule has 2 rings (SSSR count). The molecule has 1 heterocycles. The normalized spacial score (nSPS) is 14.8. The smallest absolute Gasteiger partial charge is 0.269 e. The zero-order valence-corrected chi connectivity index (χ0v) is 13.9. The molecule has 0 saturated heterocycles. The lowest BCUT2D eigenvalue weighted by molar-refractivity contribution is -0.384. The van der Waals surface area contributed by atoms with Crippen LogP contribution < -0.4 is 0 Å². The van der Waals surface area contributed by atoms with Gasteiger partial charge >= 0.3 is 0 Å². The van der Waals surface area contributed by atoms with Crippen LogP contribution in [-0.2, 0) is 9.59 Å². The van der Waals surface area contributed by atoms with Crippen LogP contribution in [-0.4, -0.2) is 33.9 Å². The molecule has 23 heavy (non-hydrogen) atoms. The molecule has 0 atom stereocenters. The van der Waals surface area contributed by atoms with Gasteiger partial charge in [-0.25, -0.2) is 0 Å². The first-order chi connectivity index (χ1) is 11.0. The second kappa shape index (κ2) is 7.41. The van der Waals surface area contributed by atoms with E-state index in [-0.39, 0.29) is 17.5 Å². The number of imide groups is 1. The summed E-state index contributed by atoms with van der Waals surface area (Å²) in [5.41, 5.74) is 0.857. The summed E-state index contributed by atoms with van der Waals surface area (Å²) >= 11 is 1.34. The van der Waals surface area contributed by atoms with Gasteiger partial charge in [0.1, 0.15) is 0 Å². The van der Waals surface area contributed by atoms with Gasteiger partial charge in [0.15, 0.2) is 0 Å². The molecule has 0 saturated carbocycles. The first-order valence-electron chi connectivity index (χ1n) is 7.49. The number of non-ortho nitro benzene ring substituents is 1. The molecular weight excluding hydrogens is 316 g/mol. The maximum absolute atomic E-state index is 12.6. The van der Waals surface area contributed by atoms with Crippen LogP contribution in [0.25, 0.3) is 5.57 Å². The quantitative estimate of drug-likeness (QED) is 0.434. The maximum atomic E-state index is 12.6. The molecule has 0 aromatic heterocycles. The molecule has 0 fully saturated rings. The highest BCUT2D eigenvalue weighted by atomic mass is 32.2. The predicted octanol–water partition coefficient (Wildman–Crippen LogP) is 3.23. The van der Waals surface area contributed by atoms with Crippen molar-refractivity contribution in [2.24, 2.45) is 0 Å². The zero-order valence-electron chi connectivity index (χ0n) is 13.1. The van der Waals surface area contributed by atoms with E-state index in [1.54, 1.807) is 0 Å². The van der Waals surface area contributed by atoms with E-state index in [0.717, 1.165) is 12.8 Å². The number of nitro benzene ring substituents is 1. The summed E-state index contributed by atoms with van der Waals surface area (Å²) in [7, 11) is 0. The van der Waals surface area contributed by atoms with Gasteiger partial charge in [-0.3, -0.25) is 24.6 Å². The lowest BCUT2D eigenvalue weighted by Crippen LogP contribution is -2.32. The fourth-order valence-electron chi connectivity index (χ4n) is 2.36. The Balaban J connectivity index is 2.40. The molecule has 1 aliphatic heterocycles. The summed E-state index contributed by atoms with van der Waals surface area (Å²) < 4.78 is 0. The van der Waals surface area contributed by atoms with Crippen molar-refractivity contribution in [3.05, 3.63) is 44.8 Å². The topological polar surface area (TPSA) is 80.5 Å². The number of rotatable bonds is 7. The van der Waals surface area contributed by atoms with Gasteiger partial charge in [-0.2, -0.15) is 0 Å². The van der Waals surface area contributed by atoms with Crippen molar-refractivity contribution >= 4 is 34.8 Å². The number of benzene rings is 1. The average Bonchev–Trinajstić information content (AvgIpc) is 2.77. The first kappa shape index (κ1) is 17.2. The highest BCUT2D eigenvalue weighted by Gasteiger charge is 2.38. The van der Waals surface area contributed by atoms with E-state index in [2.05, 4.69) is 0 Å². The van der Waals surface area contributed by atoms with E-state index >= 15 is 0 Å². The van der Waals surface area contributed by atoms with Crippen LogP contribution in [0.3, 0.4) is 0 Å². The van der Waals surface area contributed by atoms with E-state index in [1.807, 2.05) is 13.8 Å². The highest BCUT2D eigenvalue weighted by molar-refractivity contribution is 8.04. The summed E-state index contributed by atoms with van der Waals surface area (Å²) in [5, 5.41) is 10.7. The number of carbonyl (C=O) groups excluding carboxylic acids is 2. The van der Waals surface area contributed by atoms with Gasteiger partial charge in [-0.1, -0.05) is 20.3 Å². The standard InChI is InChI=1S/C16H18N2O4S/c1-3-5-10-17-15(19)13(14(16(17)20)23-4-2)11-6-8-12(9-7-11)18(21)22/h6-9H,3-5,10H2,1-2H3. The van der Waals surface area contributed by atoms with Gasteiger partial charge in [0, 0.05) is 18.7 Å². The van der Waals surface area contributed by atoms with Crippen LogP contribution in [0.1, 0.15) is 32.3 Å². The molecule has 1 aromatic carbocycles. The molecule has 0 spiro atoms. The van der Waals surface area contributed by atoms with Crippen LogP contribution >= 0.6 is 11.8 Å². The van der Waals surface area contributed by atoms with E-state index in [9.17, 15) is 19.7 Å². The van der Waals surface area contributed by atoms with Crippen molar-refractivity contribution in [3.63, 3.8) is 0 Å². The van der Waals surface area contributed by atoms with E-state index in [1.165, 1.54) is 40.9 Å². The number of carbonyl (C=O) groups is 2. The molecule has 0 unspecified atom stereocenters. The Morgan fingerprint density at radius 3 is 2.30 bits per heavy atom. The minimum Gasteiger partial charge on any atom is -0.274 e. The third-order valence-corrected chi connectivity index (χ3v) is 4.47. The number of nitro groups is 1. The molecule has 0 aliphatic carbocycles. The lowest BCUT2D eigenvalue weighted by atomic mass is 10.1. The number of amides is 2. The van der Waals surface area contributed by atoms with Crippen LogP contribution in [0.4, 0.5) is 5.69 Å². The lowest BCUT2D eigenvalue weighted by Gasteiger charge is -2.14. The fourth-order valence-corrected chi connectivity index (χ4v) is 3.23. The molecule has 7 heteroatoms. The van der Waals surface area contributed by atoms with Gasteiger partial charge < -0.3 is 0 Å². The third kappa shape index (κ3) is 3.44. The molecule has 6 nitrogen and oxygen atoms in total. The Morgan fingerprint density at radius 2 is 1.78 bits per heavy atom. The number of thioether (sulfide) groups is 1. The largest absolute Gasteiger partial charge is 0.274 e. The summed E-state index contributed by atoms with van der Waals surface area (Å²) in [6.45, 7) is 4.31. The Hall–Kier alpha value is -2.15. The Kier molecular flexibility index (Phi) is 5.54. The van der Waals surface area contributed by atoms with Gasteiger partial charge in [0.2, 0.25) is 0 Å². The third-order valence-electron chi connectivity index (χ3n) is 3.52. The van der Waals surface area contributed by atoms with Crippen molar-refractivity contribution in [2.75, 3.05) is 12.3 Å². The summed E-state index contributed by atoms with van der Waals surface area (Å²) in [6, 6.07) is 5.75. The van der Waals surface area contributed by atoms with Crippen LogP contribution in [0.15, 0.2) is 29.2 Å². The minimum atomic E-state index is -0.491. The van der Waals surface area contributed by atoms with Gasteiger partial charge in [0.05, 0.1) is 15.4 Å². The second-order valence-corrected chi connectivity index (χ2v) is 6.33. The van der Waals surface area contributed by atoms with Crippen molar-refractivity contribution < 1.29 is 14.5 Å². The number of unbranched alkanes of at least 4 members (excludes halogenated alkanes) is 1. The SMILES string of the molecule is CCCCN1C(=O)C(SCC)=C(c2ccc([N+](=O)[O-])cc2)C1=O. The monoisotopic (exact) mass is 334 g/mol. The predicted molar refractivity (Wildman–Crippen MR) is 89.8 cm³/mol. The summed E-state index contributed by atoms with van der Waals surface area (Å²) in [4.78, 5) is 37.1. The average molecular weight is 334 g/mol. The maximum Gasteiger partial charge on any atom is 0.269 e. The highest BCUT2D eigenvalue weighted by Crippen LogP contribution is 2.36. The molecule has 0 radical (unpaired) electrons. The number of hydrogen-bond acceptors (Lipinski definition) is 5. The van der Waals surface area contributed by atoms with Crippen molar-refractivity contribution in [3.8, 4) is 0 Å². The van der Waals surface area contributed by atoms with Crippen molar-refractivity contribution in [1.29, 1.82) is 0 Å². The van der Waals surface area contributed by atoms with Crippen LogP contribution in [0, 0.1) is 10.1 Å². The van der Waals surface area contributed by atoms with Crippen molar-refractivity contribution in [1.82, 2.24) is 4.90 Å². The van der Waals surface area contributed by atoms with E-state index < -0.39 is 4.92 Å². The van der Waals surface area contributed by atoms with Crippen LogP contribution in [0.2, 0.25) is 0 Å². The van der Waals surface area contributed by atoms with Gasteiger partial charge in [0.25, 0.3) is 17.5 Å². The molecular formula is C16H18N2O4S. The Labute approximate surface area is 138 Å². The van der Waals surface area contributed by atoms with E-state index in [4.69, 9.17) is 0 Å². The van der Waals surface area contributed by atoms with Gasteiger partial charge in [-0.05, 0) is 29.9 Å². The number of nitrogens with zero attached hydrogens (tertiary/aromatic N) is 2. The molecule has 1 aromatic rings. The zero-order chi connectivity index (χ0) is 17.0. The Morgan fingerprint density at radius 1 is 1.13 bits per heavy atom. The van der Waals surface area contributed by atoms with Crippen molar-refractivity contribution in [2.45, 2.75) is 26.7 Å². The molecule has 0 N–H and O–H groups in total. The molecule has 122 valence electrons. The summed E-state index contributed by atoms with van der Waals surface area (Å²) in [6.07, 6.45) is 1.65. The first-order valence-corrected chi connectivity index (χ1v) is 8.47. The Bertz CT molecular complexity index is 667. The van der Waals surface area contributed by atoms with Crippen LogP contribution in [0.5, 0.6) is 0 Å². The van der Waals surface area contributed by atoms with E-state index in [0.29, 0.717) is 28.3 Å². The number of hydrogen-bond donors (Lipinski definition) is 0. The fraction of sp³-hybridized carbons (Fsp3) is 0.375. The molecule has 2 amide bonds. The summed E-state index contributed by atoms with van der Waals surface area (Å²) in [5.74, 6) is 0.101. The van der Waals surface area contributed by atoms with Gasteiger partial charge in [-0.15, -0.1) is 11.8 Å². The second-order valence-electron chi connectivity index (χ2n) is 5.06. The minimum absolute atomic E-state index is 0.0429.